The molecule has 4 nitrogen and oxygen atoms in total. The number of ketones is 1. The van der Waals surface area contributed by atoms with Gasteiger partial charge in [0, 0.05) is 34.9 Å². The molecular formula is C21H22F4N2O2. The fourth-order valence-electron chi connectivity index (χ4n) is 2.80. The molecule has 1 aromatic heterocycles. The highest BCUT2D eigenvalue weighted by Gasteiger charge is 2.35. The van der Waals surface area contributed by atoms with Gasteiger partial charge in [0.1, 0.15) is 11.6 Å². The molecule has 0 saturated carbocycles. The maximum atomic E-state index is 14.3. The van der Waals surface area contributed by atoms with Crippen molar-refractivity contribution in [2.75, 3.05) is 0 Å². The van der Waals surface area contributed by atoms with E-state index in [2.05, 4.69) is 10.3 Å². The normalized spacial score (nSPS) is 12.7. The molecule has 0 spiro atoms. The van der Waals surface area contributed by atoms with Gasteiger partial charge in [0.05, 0.1) is 11.6 Å². The number of Topliss-reactive ketones (excluding diaryl/α,β-unsaturated/α-hetero) is 1. The predicted octanol–water partition coefficient (Wildman–Crippen LogP) is 4.81. The number of hydrogen-bond acceptors (Lipinski definition) is 3. The molecule has 8 heteroatoms. The van der Waals surface area contributed by atoms with Crippen LogP contribution in [-0.2, 0) is 17.4 Å². The van der Waals surface area contributed by atoms with Crippen molar-refractivity contribution >= 4 is 11.7 Å². The van der Waals surface area contributed by atoms with E-state index < -0.39 is 29.5 Å². The highest BCUT2D eigenvalue weighted by Crippen LogP contribution is 2.33. The van der Waals surface area contributed by atoms with Crippen LogP contribution in [0.4, 0.5) is 17.6 Å². The number of nitrogens with one attached hydrogen (secondary N) is 1. The molecule has 1 N–H and O–H groups in total. The zero-order valence-corrected chi connectivity index (χ0v) is 16.5. The lowest BCUT2D eigenvalue weighted by Crippen LogP contribution is -2.28. The molecule has 1 atom stereocenters. The summed E-state index contributed by atoms with van der Waals surface area (Å²) >= 11 is 0. The van der Waals surface area contributed by atoms with Crippen LogP contribution in [0.15, 0.2) is 30.3 Å². The lowest BCUT2D eigenvalue weighted by molar-refractivity contribution is -0.140. The molecule has 2 rings (SSSR count). The summed E-state index contributed by atoms with van der Waals surface area (Å²) in [6.07, 6.45) is -4.76. The molecule has 0 fully saturated rings. The third-order valence-electron chi connectivity index (χ3n) is 4.42. The number of carbonyl (C=O) groups is 2. The van der Waals surface area contributed by atoms with Gasteiger partial charge in [-0.2, -0.15) is 13.2 Å². The minimum Gasteiger partial charge on any atom is -0.345 e. The minimum absolute atomic E-state index is 0.0335. The summed E-state index contributed by atoms with van der Waals surface area (Å²) in [7, 11) is 0. The summed E-state index contributed by atoms with van der Waals surface area (Å²) < 4.78 is 53.0. The Bertz CT molecular complexity index is 923. The zero-order valence-electron chi connectivity index (χ0n) is 16.5. The van der Waals surface area contributed by atoms with Crippen molar-refractivity contribution in [2.45, 2.75) is 46.3 Å². The number of aryl methyl sites for hydroxylation is 1. The molecule has 29 heavy (non-hydrogen) atoms. The van der Waals surface area contributed by atoms with Crippen LogP contribution in [0.2, 0.25) is 0 Å². The summed E-state index contributed by atoms with van der Waals surface area (Å²) in [6.45, 7) is 6.58. The molecule has 156 valence electrons. The number of rotatable bonds is 6. The monoisotopic (exact) mass is 410 g/mol. The molecule has 0 aliphatic heterocycles. The summed E-state index contributed by atoms with van der Waals surface area (Å²) in [5.41, 5.74) is -0.517. The van der Waals surface area contributed by atoms with Crippen molar-refractivity contribution in [3.8, 4) is 0 Å². The number of amides is 1. The van der Waals surface area contributed by atoms with Gasteiger partial charge >= 0.3 is 6.18 Å². The first-order valence-corrected chi connectivity index (χ1v) is 9.07. The fourth-order valence-corrected chi connectivity index (χ4v) is 2.80. The molecular weight excluding hydrogens is 388 g/mol. The second kappa shape index (κ2) is 8.71. The number of aromatic nitrogens is 1. The lowest BCUT2D eigenvalue weighted by atomic mass is 10.0. The molecule has 1 unspecified atom stereocenters. The molecule has 0 bridgehead atoms. The smallest absolute Gasteiger partial charge is 0.345 e. The first kappa shape index (κ1) is 22.5. The van der Waals surface area contributed by atoms with Crippen LogP contribution in [0.1, 0.15) is 59.7 Å². The highest BCUT2D eigenvalue weighted by atomic mass is 19.4. The Morgan fingerprint density at radius 2 is 1.79 bits per heavy atom. The number of halogens is 4. The van der Waals surface area contributed by atoms with E-state index in [1.807, 2.05) is 0 Å². The van der Waals surface area contributed by atoms with Gasteiger partial charge in [0.15, 0.2) is 0 Å². The van der Waals surface area contributed by atoms with Crippen LogP contribution >= 0.6 is 0 Å². The predicted molar refractivity (Wildman–Crippen MR) is 99.8 cm³/mol. The summed E-state index contributed by atoms with van der Waals surface area (Å²) in [5, 5.41) is 2.50. The Balaban J connectivity index is 2.25. The van der Waals surface area contributed by atoms with Crippen molar-refractivity contribution < 1.29 is 27.2 Å². The van der Waals surface area contributed by atoms with Crippen LogP contribution in [0.3, 0.4) is 0 Å². The van der Waals surface area contributed by atoms with Crippen LogP contribution in [-0.4, -0.2) is 16.7 Å². The van der Waals surface area contributed by atoms with Gasteiger partial charge in [-0.25, -0.2) is 4.39 Å². The second-order valence-corrected chi connectivity index (χ2v) is 7.19. The molecule has 2 aromatic rings. The Hall–Kier alpha value is -2.77. The van der Waals surface area contributed by atoms with E-state index in [1.54, 1.807) is 20.8 Å². The number of nitrogens with zero attached hydrogens (tertiary/aromatic N) is 1. The van der Waals surface area contributed by atoms with Crippen LogP contribution in [0.25, 0.3) is 0 Å². The van der Waals surface area contributed by atoms with E-state index in [-0.39, 0.29) is 29.2 Å². The molecule has 1 amide bonds. The Kier molecular flexibility index (Phi) is 6.77. The highest BCUT2D eigenvalue weighted by molar-refractivity contribution is 5.95. The van der Waals surface area contributed by atoms with Crippen molar-refractivity contribution in [3.05, 3.63) is 64.2 Å². The van der Waals surface area contributed by atoms with E-state index in [0.717, 1.165) is 6.07 Å². The number of alkyl halides is 3. The van der Waals surface area contributed by atoms with Crippen molar-refractivity contribution in [1.82, 2.24) is 10.3 Å². The zero-order chi connectivity index (χ0) is 21.9. The van der Waals surface area contributed by atoms with E-state index in [9.17, 15) is 27.2 Å². The molecule has 0 saturated heterocycles. The van der Waals surface area contributed by atoms with Crippen LogP contribution in [0.5, 0.6) is 0 Å². The number of pyridine rings is 1. The molecule has 1 heterocycles. The molecule has 0 aliphatic rings. The molecule has 1 aromatic carbocycles. The van der Waals surface area contributed by atoms with Gasteiger partial charge < -0.3 is 5.32 Å². The quantitative estimate of drug-likeness (QED) is 0.696. The first-order valence-electron chi connectivity index (χ1n) is 9.07. The third kappa shape index (κ3) is 5.62. The van der Waals surface area contributed by atoms with Gasteiger partial charge in [-0.3, -0.25) is 14.6 Å². The second-order valence-electron chi connectivity index (χ2n) is 7.19. The summed E-state index contributed by atoms with van der Waals surface area (Å²) in [6, 6.07) is 4.89. The third-order valence-corrected chi connectivity index (χ3v) is 4.42. The summed E-state index contributed by atoms with van der Waals surface area (Å²) in [4.78, 5) is 28.8. The Morgan fingerprint density at radius 3 is 2.38 bits per heavy atom. The average Bonchev–Trinajstić information content (AvgIpc) is 2.60. The van der Waals surface area contributed by atoms with E-state index in [0.29, 0.717) is 17.5 Å². The van der Waals surface area contributed by atoms with Gasteiger partial charge in [-0.1, -0.05) is 26.0 Å². The van der Waals surface area contributed by atoms with Gasteiger partial charge in [0.2, 0.25) is 0 Å². The largest absolute Gasteiger partial charge is 0.419 e. The van der Waals surface area contributed by atoms with Crippen molar-refractivity contribution in [3.63, 3.8) is 0 Å². The molecule has 0 aliphatic carbocycles. The Labute approximate surface area is 166 Å². The topological polar surface area (TPSA) is 59.1 Å². The van der Waals surface area contributed by atoms with Crippen molar-refractivity contribution in [2.24, 2.45) is 5.92 Å². The first-order chi connectivity index (χ1) is 13.4. The maximum absolute atomic E-state index is 14.3. The minimum atomic E-state index is -4.83. The number of hydrogen-bond donors (Lipinski definition) is 1. The number of carbonyl (C=O) groups excluding carboxylic acids is 2. The van der Waals surface area contributed by atoms with Gasteiger partial charge in [-0.05, 0) is 32.0 Å². The Morgan fingerprint density at radius 1 is 1.14 bits per heavy atom. The maximum Gasteiger partial charge on any atom is 0.419 e. The van der Waals surface area contributed by atoms with Gasteiger partial charge in [-0.15, -0.1) is 0 Å². The lowest BCUT2D eigenvalue weighted by Gasteiger charge is -2.18. The SMILES string of the molecule is Cc1cc(C(=O)NC(C)c2cccc(C(F)(F)F)c2F)cc(CC(=O)C(C)C)n1. The van der Waals surface area contributed by atoms with Gasteiger partial charge in [0.25, 0.3) is 5.91 Å². The van der Waals surface area contributed by atoms with E-state index >= 15 is 0 Å². The van der Waals surface area contributed by atoms with E-state index in [4.69, 9.17) is 0 Å². The number of benzene rings is 1. The van der Waals surface area contributed by atoms with Crippen molar-refractivity contribution in [1.29, 1.82) is 0 Å². The standard InChI is InChI=1S/C21H22F4N2O2/c1-11(2)18(28)10-15-9-14(8-12(3)26-15)20(29)27-13(4)16-6-5-7-17(19(16)22)21(23,24)25/h5-9,11,13H,10H2,1-4H3,(H,27,29). The average molecular weight is 410 g/mol. The molecule has 0 radical (unpaired) electrons. The summed E-state index contributed by atoms with van der Waals surface area (Å²) in [5.74, 6) is -2.23. The van der Waals surface area contributed by atoms with Crippen LogP contribution in [0, 0.1) is 18.7 Å². The fraction of sp³-hybridized carbons (Fsp3) is 0.381. The van der Waals surface area contributed by atoms with Crippen LogP contribution < -0.4 is 5.32 Å². The van der Waals surface area contributed by atoms with E-state index in [1.165, 1.54) is 25.1 Å².